The molecule has 0 saturated carbocycles. The molecule has 0 N–H and O–H groups in total. The zero-order valence-electron chi connectivity index (χ0n) is 14.2. The number of thiophene rings is 1. The van der Waals surface area contributed by atoms with Gasteiger partial charge in [-0.1, -0.05) is 35.5 Å². The minimum absolute atomic E-state index is 0.259. The van der Waals surface area contributed by atoms with Crippen molar-refractivity contribution < 1.29 is 8.94 Å². The predicted molar refractivity (Wildman–Crippen MR) is 101 cm³/mol. The van der Waals surface area contributed by atoms with E-state index in [1.807, 2.05) is 29.5 Å². The molecule has 1 atom stereocenters. The van der Waals surface area contributed by atoms with Gasteiger partial charge in [-0.2, -0.15) is 0 Å². The average molecular weight is 362 g/mol. The topological polar surface area (TPSA) is 42.4 Å². The van der Waals surface area contributed by atoms with Crippen molar-refractivity contribution in [3.63, 3.8) is 0 Å². The van der Waals surface area contributed by atoms with E-state index in [4.69, 9.17) is 8.94 Å². The lowest BCUT2D eigenvalue weighted by Crippen LogP contribution is -2.35. The zero-order chi connectivity index (χ0) is 17.3. The third-order valence-corrected chi connectivity index (χ3v) is 5.87. The summed E-state index contributed by atoms with van der Waals surface area (Å²) in [4.78, 5) is 3.97. The van der Waals surface area contributed by atoms with Gasteiger partial charge in [-0.3, -0.25) is 4.90 Å². The number of hydrogen-bond acceptors (Lipinski definition) is 5. The van der Waals surface area contributed by atoms with E-state index in [0.29, 0.717) is 11.5 Å². The first kappa shape index (κ1) is 15.6. The van der Waals surface area contributed by atoms with Crippen LogP contribution in [0.5, 0.6) is 0 Å². The highest BCUT2D eigenvalue weighted by Gasteiger charge is 2.30. The van der Waals surface area contributed by atoms with Crippen LogP contribution in [0.1, 0.15) is 27.7 Å². The highest BCUT2D eigenvalue weighted by molar-refractivity contribution is 7.10. The molecule has 1 aliphatic heterocycles. The van der Waals surface area contributed by atoms with Crippen LogP contribution in [0, 0.1) is 0 Å². The molecule has 0 radical (unpaired) electrons. The predicted octanol–water partition coefficient (Wildman–Crippen LogP) is 5.14. The van der Waals surface area contributed by atoms with Gasteiger partial charge >= 0.3 is 0 Å². The third-order valence-electron chi connectivity index (χ3n) is 4.87. The Morgan fingerprint density at radius 3 is 2.85 bits per heavy atom. The summed E-state index contributed by atoms with van der Waals surface area (Å²) < 4.78 is 10.9. The minimum Gasteiger partial charge on any atom is -0.461 e. The summed E-state index contributed by atoms with van der Waals surface area (Å²) in [7, 11) is 0. The Balaban J connectivity index is 1.46. The summed E-state index contributed by atoms with van der Waals surface area (Å²) >= 11 is 1.86. The lowest BCUT2D eigenvalue weighted by Gasteiger charge is -2.35. The van der Waals surface area contributed by atoms with Crippen LogP contribution in [-0.4, -0.2) is 16.6 Å². The summed E-state index contributed by atoms with van der Waals surface area (Å²) in [5.41, 5.74) is 3.67. The fourth-order valence-electron chi connectivity index (χ4n) is 3.69. The molecule has 5 heteroatoms. The van der Waals surface area contributed by atoms with Crippen LogP contribution in [0.15, 0.2) is 75.2 Å². The van der Waals surface area contributed by atoms with Gasteiger partial charge in [0.25, 0.3) is 0 Å². The number of benzene rings is 1. The molecule has 4 aromatic rings. The van der Waals surface area contributed by atoms with E-state index >= 15 is 0 Å². The van der Waals surface area contributed by atoms with Gasteiger partial charge in [-0.25, -0.2) is 0 Å². The van der Waals surface area contributed by atoms with Crippen LogP contribution >= 0.6 is 11.3 Å². The van der Waals surface area contributed by atoms with Crippen molar-refractivity contribution in [2.45, 2.75) is 19.0 Å². The van der Waals surface area contributed by atoms with Crippen LogP contribution < -0.4 is 0 Å². The highest BCUT2D eigenvalue weighted by atomic mass is 32.1. The Morgan fingerprint density at radius 1 is 1.08 bits per heavy atom. The van der Waals surface area contributed by atoms with Crippen molar-refractivity contribution in [1.82, 2.24) is 10.1 Å². The van der Waals surface area contributed by atoms with Gasteiger partial charge in [0.1, 0.15) is 0 Å². The number of hydrogen-bond donors (Lipinski definition) is 0. The smallest absolute Gasteiger partial charge is 0.202 e. The van der Waals surface area contributed by atoms with Crippen LogP contribution in [0.2, 0.25) is 0 Å². The molecule has 0 unspecified atom stereocenters. The summed E-state index contributed by atoms with van der Waals surface area (Å²) in [6.45, 7) is 1.76. The number of aromatic nitrogens is 1. The van der Waals surface area contributed by atoms with Crippen molar-refractivity contribution >= 4 is 11.3 Å². The maximum Gasteiger partial charge on any atom is 0.202 e. The van der Waals surface area contributed by atoms with E-state index in [-0.39, 0.29) is 6.04 Å². The van der Waals surface area contributed by atoms with Crippen molar-refractivity contribution in [2.24, 2.45) is 0 Å². The first-order chi connectivity index (χ1) is 12.9. The van der Waals surface area contributed by atoms with E-state index in [2.05, 4.69) is 51.8 Å². The molecular formula is C21H18N2O2S. The van der Waals surface area contributed by atoms with E-state index in [0.717, 1.165) is 25.2 Å². The second-order valence-corrected chi connectivity index (χ2v) is 7.49. The normalized spacial score (nSPS) is 17.3. The van der Waals surface area contributed by atoms with E-state index in [9.17, 15) is 0 Å². The Hall–Kier alpha value is -2.63. The lowest BCUT2D eigenvalue weighted by molar-refractivity contribution is 0.200. The molecule has 26 heavy (non-hydrogen) atoms. The van der Waals surface area contributed by atoms with Crippen LogP contribution in [0.25, 0.3) is 11.5 Å². The molecular weight excluding hydrogens is 344 g/mol. The second-order valence-electron chi connectivity index (χ2n) is 6.49. The van der Waals surface area contributed by atoms with Gasteiger partial charge in [-0.15, -0.1) is 11.3 Å². The fraction of sp³-hybridized carbons (Fsp3) is 0.190. The number of nitrogens with zero attached hydrogens (tertiary/aromatic N) is 2. The molecule has 3 aromatic heterocycles. The first-order valence-electron chi connectivity index (χ1n) is 8.73. The minimum atomic E-state index is 0.259. The first-order valence-corrected chi connectivity index (χ1v) is 9.61. The average Bonchev–Trinajstić information content (AvgIpc) is 3.43. The second kappa shape index (κ2) is 6.59. The van der Waals surface area contributed by atoms with Crippen molar-refractivity contribution in [3.8, 4) is 11.5 Å². The van der Waals surface area contributed by atoms with Gasteiger partial charge in [-0.05, 0) is 41.1 Å². The highest BCUT2D eigenvalue weighted by Crippen LogP contribution is 2.38. The fourth-order valence-corrected chi connectivity index (χ4v) is 4.60. The van der Waals surface area contributed by atoms with Crippen molar-refractivity contribution in [3.05, 3.63) is 87.9 Å². The SMILES string of the molecule is c1ccc([C@H]2c3ccsc3CCN2Cc2cc(-c3ccco3)on2)cc1. The molecule has 0 amide bonds. The summed E-state index contributed by atoms with van der Waals surface area (Å²) in [5.74, 6) is 1.39. The molecule has 0 fully saturated rings. The van der Waals surface area contributed by atoms with Gasteiger partial charge in [0, 0.05) is 24.0 Å². The Labute approximate surface area is 155 Å². The Kier molecular flexibility index (Phi) is 3.96. The number of furan rings is 1. The van der Waals surface area contributed by atoms with Crippen LogP contribution in [0.4, 0.5) is 0 Å². The Morgan fingerprint density at radius 2 is 2.00 bits per heavy atom. The quantitative estimate of drug-likeness (QED) is 0.504. The van der Waals surface area contributed by atoms with E-state index in [1.165, 1.54) is 16.0 Å². The maximum atomic E-state index is 5.48. The molecule has 130 valence electrons. The molecule has 0 saturated heterocycles. The van der Waals surface area contributed by atoms with E-state index in [1.54, 1.807) is 6.26 Å². The number of rotatable bonds is 4. The van der Waals surface area contributed by atoms with Gasteiger partial charge in [0.15, 0.2) is 5.76 Å². The van der Waals surface area contributed by atoms with E-state index < -0.39 is 0 Å². The molecule has 0 spiro atoms. The number of fused-ring (bicyclic) bond motifs is 1. The summed E-state index contributed by atoms with van der Waals surface area (Å²) in [6, 6.07) is 18.9. The van der Waals surface area contributed by atoms with Crippen LogP contribution in [0.3, 0.4) is 0 Å². The lowest BCUT2D eigenvalue weighted by atomic mass is 9.93. The van der Waals surface area contributed by atoms with Gasteiger partial charge in [0.2, 0.25) is 5.76 Å². The maximum absolute atomic E-state index is 5.48. The van der Waals surface area contributed by atoms with Crippen molar-refractivity contribution in [2.75, 3.05) is 6.54 Å². The van der Waals surface area contributed by atoms with Crippen molar-refractivity contribution in [1.29, 1.82) is 0 Å². The monoisotopic (exact) mass is 362 g/mol. The Bertz CT molecular complexity index is 988. The zero-order valence-corrected chi connectivity index (χ0v) is 15.0. The van der Waals surface area contributed by atoms with Gasteiger partial charge < -0.3 is 8.94 Å². The third kappa shape index (κ3) is 2.79. The molecule has 1 aliphatic rings. The molecule has 4 heterocycles. The molecule has 1 aromatic carbocycles. The standard InChI is InChI=1S/C21H18N2O2S/c1-2-5-15(6-3-1)21-17-9-12-26-20(17)8-10-23(21)14-16-13-19(25-22-16)18-7-4-11-24-18/h1-7,9,11-13,21H,8,10,14H2/t21-/m0/s1. The largest absolute Gasteiger partial charge is 0.461 e. The molecule has 0 bridgehead atoms. The van der Waals surface area contributed by atoms with Crippen LogP contribution in [-0.2, 0) is 13.0 Å². The van der Waals surface area contributed by atoms with Gasteiger partial charge in [0.05, 0.1) is 18.0 Å². The molecule has 5 rings (SSSR count). The molecule has 0 aliphatic carbocycles. The summed E-state index contributed by atoms with van der Waals surface area (Å²) in [6.07, 6.45) is 2.73. The summed E-state index contributed by atoms with van der Waals surface area (Å²) in [5, 5.41) is 6.47. The molecule has 4 nitrogen and oxygen atoms in total.